The second-order valence-corrected chi connectivity index (χ2v) is 6.98. The molecule has 1 atom stereocenters. The molecule has 25 heavy (non-hydrogen) atoms. The number of carbonyl (C=O) groups excluding carboxylic acids is 1. The number of ether oxygens (including phenoxy) is 2. The molecule has 2 rings (SSSR count). The van der Waals surface area contributed by atoms with Gasteiger partial charge in [-0.1, -0.05) is 36.4 Å². The van der Waals surface area contributed by atoms with Gasteiger partial charge in [0.2, 0.25) is 5.91 Å². The first-order valence-electron chi connectivity index (χ1n) is 8.28. The van der Waals surface area contributed by atoms with Crippen molar-refractivity contribution in [3.05, 3.63) is 59.7 Å². The van der Waals surface area contributed by atoms with Crippen molar-refractivity contribution < 1.29 is 14.3 Å². The number of hydrogen-bond acceptors (Lipinski definition) is 4. The van der Waals surface area contributed by atoms with Crippen LogP contribution in [0.4, 0.5) is 0 Å². The third-order valence-electron chi connectivity index (χ3n) is 3.92. The summed E-state index contributed by atoms with van der Waals surface area (Å²) >= 11 is 1.65. The lowest BCUT2D eigenvalue weighted by Crippen LogP contribution is -2.27. The molecule has 5 heteroatoms. The van der Waals surface area contributed by atoms with Gasteiger partial charge in [-0.3, -0.25) is 4.79 Å². The number of rotatable bonds is 9. The molecule has 1 N–H and O–H groups in total. The Hall–Kier alpha value is -2.14. The highest BCUT2D eigenvalue weighted by molar-refractivity contribution is 8.00. The van der Waals surface area contributed by atoms with E-state index in [-0.39, 0.29) is 5.91 Å². The molecular formula is C20H25NO3S. The van der Waals surface area contributed by atoms with Gasteiger partial charge in [0.25, 0.3) is 0 Å². The van der Waals surface area contributed by atoms with E-state index in [4.69, 9.17) is 9.47 Å². The summed E-state index contributed by atoms with van der Waals surface area (Å²) in [5.74, 6) is 1.94. The second kappa shape index (κ2) is 9.99. The molecule has 0 aliphatic rings. The Balaban J connectivity index is 1.73. The lowest BCUT2D eigenvalue weighted by molar-refractivity contribution is -0.118. The number of thioether (sulfide) groups is 1. The Bertz CT molecular complexity index is 676. The Morgan fingerprint density at radius 1 is 1.08 bits per heavy atom. The topological polar surface area (TPSA) is 47.6 Å². The fourth-order valence-electron chi connectivity index (χ4n) is 2.45. The monoisotopic (exact) mass is 359 g/mol. The number of nitrogens with one attached hydrogen (secondary N) is 1. The predicted molar refractivity (Wildman–Crippen MR) is 104 cm³/mol. The molecule has 1 amide bonds. The number of hydrogen-bond donors (Lipinski definition) is 1. The number of carbonyl (C=O) groups is 1. The van der Waals surface area contributed by atoms with Gasteiger partial charge in [-0.2, -0.15) is 0 Å². The van der Waals surface area contributed by atoms with Crippen molar-refractivity contribution in [1.82, 2.24) is 5.32 Å². The lowest BCUT2D eigenvalue weighted by Gasteiger charge is -2.12. The molecule has 0 saturated heterocycles. The molecule has 0 unspecified atom stereocenters. The summed E-state index contributed by atoms with van der Waals surface area (Å²) in [6.07, 6.45) is 0.755. The summed E-state index contributed by atoms with van der Waals surface area (Å²) in [7, 11) is 3.24. The molecule has 4 nitrogen and oxygen atoms in total. The van der Waals surface area contributed by atoms with Crippen LogP contribution in [0.3, 0.4) is 0 Å². The fourth-order valence-corrected chi connectivity index (χ4v) is 3.31. The van der Waals surface area contributed by atoms with E-state index >= 15 is 0 Å². The van der Waals surface area contributed by atoms with Crippen LogP contribution < -0.4 is 14.8 Å². The van der Waals surface area contributed by atoms with Crippen molar-refractivity contribution in [3.8, 4) is 11.5 Å². The van der Waals surface area contributed by atoms with Crippen LogP contribution in [-0.2, 0) is 11.2 Å². The highest BCUT2D eigenvalue weighted by Gasteiger charge is 2.09. The van der Waals surface area contributed by atoms with Gasteiger partial charge in [0.1, 0.15) is 0 Å². The van der Waals surface area contributed by atoms with Crippen LogP contribution >= 0.6 is 11.8 Å². The minimum atomic E-state index is 0.0632. The summed E-state index contributed by atoms with van der Waals surface area (Å²) in [5.41, 5.74) is 2.34. The highest BCUT2D eigenvalue weighted by atomic mass is 32.2. The molecule has 2 aromatic carbocycles. The molecule has 0 spiro atoms. The van der Waals surface area contributed by atoms with Crippen molar-refractivity contribution >= 4 is 17.7 Å². The third-order valence-corrected chi connectivity index (χ3v) is 5.12. The molecule has 0 heterocycles. The van der Waals surface area contributed by atoms with E-state index in [2.05, 4.69) is 24.4 Å². The van der Waals surface area contributed by atoms with E-state index in [0.29, 0.717) is 29.0 Å². The fraction of sp³-hybridized carbons (Fsp3) is 0.350. The van der Waals surface area contributed by atoms with Crippen LogP contribution in [-0.4, -0.2) is 32.4 Å². The van der Waals surface area contributed by atoms with Gasteiger partial charge in [0, 0.05) is 11.8 Å². The van der Waals surface area contributed by atoms with E-state index in [0.717, 1.165) is 12.0 Å². The summed E-state index contributed by atoms with van der Waals surface area (Å²) in [6, 6.07) is 16.0. The van der Waals surface area contributed by atoms with Gasteiger partial charge in [-0.15, -0.1) is 11.8 Å². The summed E-state index contributed by atoms with van der Waals surface area (Å²) in [5, 5.41) is 3.28. The first kappa shape index (κ1) is 19.2. The molecule has 0 saturated carbocycles. The van der Waals surface area contributed by atoms with Gasteiger partial charge in [0.15, 0.2) is 11.5 Å². The van der Waals surface area contributed by atoms with Crippen LogP contribution in [0.2, 0.25) is 0 Å². The average Bonchev–Trinajstić information content (AvgIpc) is 2.66. The summed E-state index contributed by atoms with van der Waals surface area (Å²) < 4.78 is 10.5. The molecular weight excluding hydrogens is 334 g/mol. The van der Waals surface area contributed by atoms with Crippen LogP contribution in [0, 0.1) is 0 Å². The normalized spacial score (nSPS) is 11.6. The summed E-state index contributed by atoms with van der Waals surface area (Å²) in [4.78, 5) is 12.0. The average molecular weight is 359 g/mol. The SMILES string of the molecule is COc1ccc(CCNC(=O)CS[C@H](C)c2ccccc2)cc1OC. The minimum absolute atomic E-state index is 0.0632. The van der Waals surface area contributed by atoms with Crippen LogP contribution in [0.5, 0.6) is 11.5 Å². The molecule has 0 aromatic heterocycles. The third kappa shape index (κ3) is 6.02. The zero-order chi connectivity index (χ0) is 18.1. The van der Waals surface area contributed by atoms with Crippen molar-refractivity contribution in [2.24, 2.45) is 0 Å². The largest absolute Gasteiger partial charge is 0.493 e. The maximum Gasteiger partial charge on any atom is 0.230 e. The molecule has 0 bridgehead atoms. The zero-order valence-electron chi connectivity index (χ0n) is 15.0. The van der Waals surface area contributed by atoms with E-state index in [1.807, 2.05) is 36.4 Å². The Morgan fingerprint density at radius 2 is 1.80 bits per heavy atom. The predicted octanol–water partition coefficient (Wildman–Crippen LogP) is 3.86. The molecule has 2 aromatic rings. The zero-order valence-corrected chi connectivity index (χ0v) is 15.8. The Labute approximate surface area is 153 Å². The minimum Gasteiger partial charge on any atom is -0.493 e. The second-order valence-electron chi connectivity index (χ2n) is 5.65. The molecule has 0 radical (unpaired) electrons. The molecule has 0 fully saturated rings. The molecule has 134 valence electrons. The van der Waals surface area contributed by atoms with Crippen molar-refractivity contribution in [3.63, 3.8) is 0 Å². The van der Waals surface area contributed by atoms with Crippen LogP contribution in [0.15, 0.2) is 48.5 Å². The molecule has 0 aliphatic heterocycles. The number of amides is 1. The van der Waals surface area contributed by atoms with Crippen molar-refractivity contribution in [2.75, 3.05) is 26.5 Å². The maximum absolute atomic E-state index is 12.0. The van der Waals surface area contributed by atoms with Gasteiger partial charge in [-0.25, -0.2) is 0 Å². The van der Waals surface area contributed by atoms with Gasteiger partial charge in [0.05, 0.1) is 20.0 Å². The van der Waals surface area contributed by atoms with Crippen LogP contribution in [0.1, 0.15) is 23.3 Å². The summed E-state index contributed by atoms with van der Waals surface area (Å²) in [6.45, 7) is 2.73. The van der Waals surface area contributed by atoms with E-state index < -0.39 is 0 Å². The first-order chi connectivity index (χ1) is 12.1. The van der Waals surface area contributed by atoms with Crippen LogP contribution in [0.25, 0.3) is 0 Å². The van der Waals surface area contributed by atoms with Crippen molar-refractivity contribution in [1.29, 1.82) is 0 Å². The quantitative estimate of drug-likeness (QED) is 0.739. The number of methoxy groups -OCH3 is 2. The van der Waals surface area contributed by atoms with E-state index in [1.165, 1.54) is 5.56 Å². The number of benzene rings is 2. The maximum atomic E-state index is 12.0. The van der Waals surface area contributed by atoms with Gasteiger partial charge in [-0.05, 0) is 36.6 Å². The Morgan fingerprint density at radius 3 is 2.48 bits per heavy atom. The highest BCUT2D eigenvalue weighted by Crippen LogP contribution is 2.28. The van der Waals surface area contributed by atoms with Gasteiger partial charge < -0.3 is 14.8 Å². The smallest absolute Gasteiger partial charge is 0.230 e. The first-order valence-corrected chi connectivity index (χ1v) is 9.33. The lowest BCUT2D eigenvalue weighted by atomic mass is 10.1. The Kier molecular flexibility index (Phi) is 7.67. The van der Waals surface area contributed by atoms with Gasteiger partial charge >= 0.3 is 0 Å². The van der Waals surface area contributed by atoms with E-state index in [9.17, 15) is 4.79 Å². The van der Waals surface area contributed by atoms with Crippen molar-refractivity contribution in [2.45, 2.75) is 18.6 Å². The standard InChI is InChI=1S/C20H25NO3S/c1-15(17-7-5-4-6-8-17)25-14-20(22)21-12-11-16-9-10-18(23-2)19(13-16)24-3/h4-10,13,15H,11-12,14H2,1-3H3,(H,21,22)/t15-/m1/s1. The van der Waals surface area contributed by atoms with E-state index in [1.54, 1.807) is 26.0 Å². The molecule has 0 aliphatic carbocycles.